The van der Waals surface area contributed by atoms with Crippen molar-refractivity contribution in [3.05, 3.63) is 334 Å². The van der Waals surface area contributed by atoms with E-state index in [1.165, 1.54) is 220 Å². The fourth-order valence-corrected chi connectivity index (χ4v) is 17.0. The smallest absolute Gasteiger partial charge is 0.201 e. The fraction of sp³-hybridized carbons (Fsp3) is 0.288. The highest BCUT2D eigenvalue weighted by molar-refractivity contribution is 5.80. The predicted octanol–water partition coefficient (Wildman–Crippen LogP) is 25.4. The van der Waals surface area contributed by atoms with Gasteiger partial charge in [0, 0.05) is 69.3 Å². The van der Waals surface area contributed by atoms with Crippen LogP contribution in [0.3, 0.4) is 0 Å². The van der Waals surface area contributed by atoms with Crippen LogP contribution in [0.25, 0.3) is 101 Å². The minimum Gasteiger partial charge on any atom is -0.201 e. The van der Waals surface area contributed by atoms with E-state index in [0.29, 0.717) is 0 Å². The Labute approximate surface area is 648 Å². The summed E-state index contributed by atoms with van der Waals surface area (Å²) in [6, 6.07) is 86.0. The first-order valence-corrected chi connectivity index (χ1v) is 39.7. The van der Waals surface area contributed by atoms with Gasteiger partial charge in [0.1, 0.15) is 28.2 Å². The number of rotatable bonds is 12. The van der Waals surface area contributed by atoms with Gasteiger partial charge in [-0.3, -0.25) is 0 Å². The first kappa shape index (κ1) is 77.2. The number of benzene rings is 9. The molecule has 13 aromatic rings. The molecule has 4 heteroatoms. The average Bonchev–Trinajstić information content (AvgIpc) is 1.04. The standard InChI is InChI=1S/C27H32N.C26H30N.C26H32N.C25H22N/c1-19-15-20(2)26(16-24(19)22-11-7-5-8-12-22)27-17-25(21(3)18-28(27)4)23-13-9-6-10-14-23;1-18-14-19(2)25(15-23(18)21-10-6-5-7-11-21)26-16-24(20(3)17-27(26)4)22-12-8-9-13-22;1-18-13-19(2)24(15-23(18)21-11-9-8-10-12-21)25-14-22(16-26(4,5)6)20(3)17-27(25)7;1-19-13-14-22(20-9-5-3-6-10-20)17-24(19)25-18-23(15-16-26(25)2)21-11-7-4-8-12-21/h5,7-8,11-12,15-18,23H,6,9-10,13-14H2,1-4H3;5-7,10-11,14-17,22H,8-9,12-13H2,1-4H3;8-15,17H,16H2,1-7H3;3-18H,1-2H3/q4*+1. The van der Waals surface area contributed by atoms with Gasteiger partial charge in [0.2, 0.25) is 22.8 Å². The molecule has 0 atom stereocenters. The van der Waals surface area contributed by atoms with Crippen molar-refractivity contribution in [1.29, 1.82) is 0 Å². The van der Waals surface area contributed by atoms with Gasteiger partial charge in [-0.15, -0.1) is 0 Å². The molecule has 0 aliphatic heterocycles. The maximum atomic E-state index is 2.48. The Morgan fingerprint density at radius 2 is 0.574 bits per heavy atom. The van der Waals surface area contributed by atoms with Crippen LogP contribution < -0.4 is 18.3 Å². The Hall–Kier alpha value is -10.4. The Balaban J connectivity index is 0.000000135. The second kappa shape index (κ2) is 34.6. The molecule has 0 bridgehead atoms. The molecular weight excluding hydrogens is 1310 g/mol. The molecule has 2 fully saturated rings. The maximum absolute atomic E-state index is 2.48. The molecule has 0 unspecified atom stereocenters. The van der Waals surface area contributed by atoms with Gasteiger partial charge in [0.05, 0.1) is 0 Å². The highest BCUT2D eigenvalue weighted by Crippen LogP contribution is 2.41. The van der Waals surface area contributed by atoms with Crippen molar-refractivity contribution in [2.24, 2.45) is 33.6 Å². The normalized spacial score (nSPS) is 13.0. The molecule has 0 saturated heterocycles. The minimum atomic E-state index is 0.277. The summed E-state index contributed by atoms with van der Waals surface area (Å²) >= 11 is 0. The van der Waals surface area contributed by atoms with E-state index in [1.54, 1.807) is 11.1 Å². The molecule has 4 aromatic heterocycles. The van der Waals surface area contributed by atoms with Crippen molar-refractivity contribution in [3.8, 4) is 101 Å². The van der Waals surface area contributed by atoms with Crippen LogP contribution in [0.1, 0.15) is 163 Å². The lowest BCUT2D eigenvalue weighted by atomic mass is 9.82. The van der Waals surface area contributed by atoms with Gasteiger partial charge in [-0.1, -0.05) is 235 Å². The molecule has 548 valence electrons. The van der Waals surface area contributed by atoms with E-state index in [1.807, 2.05) is 0 Å². The summed E-state index contributed by atoms with van der Waals surface area (Å²) in [5.41, 5.74) is 41.7. The lowest BCUT2D eigenvalue weighted by molar-refractivity contribution is -0.661. The number of pyridine rings is 4. The maximum Gasteiger partial charge on any atom is 0.213 e. The third-order valence-corrected chi connectivity index (χ3v) is 22.8. The first-order chi connectivity index (χ1) is 52.0. The fourth-order valence-electron chi connectivity index (χ4n) is 17.0. The summed E-state index contributed by atoms with van der Waals surface area (Å²) < 4.78 is 9.09. The van der Waals surface area contributed by atoms with Crippen LogP contribution in [0, 0.1) is 74.7 Å². The lowest BCUT2D eigenvalue weighted by Gasteiger charge is -2.23. The minimum absolute atomic E-state index is 0.277. The third-order valence-electron chi connectivity index (χ3n) is 22.8. The van der Waals surface area contributed by atoms with Gasteiger partial charge in [0.25, 0.3) is 0 Å². The van der Waals surface area contributed by atoms with Crippen LogP contribution >= 0.6 is 0 Å². The van der Waals surface area contributed by atoms with E-state index >= 15 is 0 Å². The molecule has 4 heterocycles. The summed E-state index contributed by atoms with van der Waals surface area (Å²) in [6.07, 6.45) is 22.5. The third kappa shape index (κ3) is 18.4. The summed E-state index contributed by atoms with van der Waals surface area (Å²) in [5.74, 6) is 1.47. The predicted molar refractivity (Wildman–Crippen MR) is 457 cm³/mol. The molecule has 0 amide bonds. The zero-order chi connectivity index (χ0) is 76.3. The van der Waals surface area contributed by atoms with Crippen LogP contribution in [-0.2, 0) is 34.6 Å². The van der Waals surface area contributed by atoms with E-state index in [9.17, 15) is 0 Å². The number of aromatic nitrogens is 4. The van der Waals surface area contributed by atoms with E-state index in [0.717, 1.165) is 18.3 Å². The average molecular weight is 1420 g/mol. The zero-order valence-corrected chi connectivity index (χ0v) is 67.8. The van der Waals surface area contributed by atoms with Crippen molar-refractivity contribution in [1.82, 2.24) is 0 Å². The van der Waals surface area contributed by atoms with Crippen molar-refractivity contribution in [2.75, 3.05) is 0 Å². The van der Waals surface area contributed by atoms with Gasteiger partial charge in [-0.25, -0.2) is 18.3 Å². The molecular formula is C104H116N4+4. The molecule has 2 aliphatic carbocycles. The molecule has 0 radical (unpaired) electrons. The number of aryl methyl sites for hydroxylation is 14. The topological polar surface area (TPSA) is 15.5 Å². The Morgan fingerprint density at radius 3 is 0.954 bits per heavy atom. The Morgan fingerprint density at radius 1 is 0.259 bits per heavy atom. The zero-order valence-electron chi connectivity index (χ0n) is 67.8. The molecule has 0 N–H and O–H groups in total. The molecule has 9 aromatic carbocycles. The van der Waals surface area contributed by atoms with Gasteiger partial charge in [0.15, 0.2) is 24.8 Å². The van der Waals surface area contributed by atoms with Gasteiger partial charge in [-0.2, -0.15) is 0 Å². The van der Waals surface area contributed by atoms with Crippen molar-refractivity contribution in [2.45, 2.75) is 166 Å². The van der Waals surface area contributed by atoms with E-state index in [2.05, 4.69) is 398 Å². The van der Waals surface area contributed by atoms with E-state index < -0.39 is 0 Å². The van der Waals surface area contributed by atoms with Crippen molar-refractivity contribution >= 4 is 0 Å². The summed E-state index contributed by atoms with van der Waals surface area (Å²) in [7, 11) is 8.64. The molecule has 2 saturated carbocycles. The van der Waals surface area contributed by atoms with E-state index in [4.69, 9.17) is 0 Å². The van der Waals surface area contributed by atoms with Crippen LogP contribution in [0.5, 0.6) is 0 Å². The number of hydrogen-bond acceptors (Lipinski definition) is 0. The Bertz CT molecular complexity index is 5180. The highest BCUT2D eigenvalue weighted by Gasteiger charge is 2.28. The van der Waals surface area contributed by atoms with Crippen LogP contribution in [-0.4, -0.2) is 0 Å². The summed E-state index contributed by atoms with van der Waals surface area (Å²) in [4.78, 5) is 0. The highest BCUT2D eigenvalue weighted by atomic mass is 14.9. The van der Waals surface area contributed by atoms with Crippen LogP contribution in [0.15, 0.2) is 261 Å². The lowest BCUT2D eigenvalue weighted by Crippen LogP contribution is -2.32. The number of nitrogens with zero attached hydrogens (tertiary/aromatic N) is 4. The summed E-state index contributed by atoms with van der Waals surface area (Å²) in [6.45, 7) is 29.3. The largest absolute Gasteiger partial charge is 0.213 e. The first-order valence-electron chi connectivity index (χ1n) is 39.7. The molecule has 0 spiro atoms. The molecule has 4 nitrogen and oxygen atoms in total. The van der Waals surface area contributed by atoms with E-state index in [-0.39, 0.29) is 5.41 Å². The second-order valence-electron chi connectivity index (χ2n) is 32.6. The van der Waals surface area contributed by atoms with Crippen molar-refractivity contribution < 1.29 is 18.3 Å². The van der Waals surface area contributed by atoms with Crippen LogP contribution in [0.2, 0.25) is 0 Å². The van der Waals surface area contributed by atoms with Crippen LogP contribution in [0.4, 0.5) is 0 Å². The Kier molecular flexibility index (Phi) is 24.8. The van der Waals surface area contributed by atoms with Gasteiger partial charge < -0.3 is 0 Å². The molecule has 2 aliphatic rings. The van der Waals surface area contributed by atoms with Gasteiger partial charge >= 0.3 is 0 Å². The molecule has 108 heavy (non-hydrogen) atoms. The monoisotopic (exact) mass is 1420 g/mol. The molecule has 15 rings (SSSR count). The quantitative estimate of drug-likeness (QED) is 0.108. The second-order valence-corrected chi connectivity index (χ2v) is 32.6. The van der Waals surface area contributed by atoms with Gasteiger partial charge in [-0.05, 0) is 254 Å². The number of hydrogen-bond donors (Lipinski definition) is 0. The van der Waals surface area contributed by atoms with Crippen molar-refractivity contribution in [3.63, 3.8) is 0 Å². The SMILES string of the molecule is Cc1c[n+](C)c(-c2cc(-c3ccccc3)c(C)cc2C)cc1CC(C)(C)C.Cc1cc(C)c(-c2cc(C3CCCC3)c(C)c[n+]2C)cc1-c1ccccc1.Cc1cc(C)c(-c2cc(C3CCCCC3)c(C)c[n+]2C)cc1-c1ccccc1.Cc1ccc(-c2ccccc2)cc1-c1cc(-c2ccccc2)cc[n+]1C. The summed E-state index contributed by atoms with van der Waals surface area (Å²) in [5, 5.41) is 0.